The van der Waals surface area contributed by atoms with Gasteiger partial charge in [-0.2, -0.15) is 0 Å². The zero-order valence-corrected chi connectivity index (χ0v) is 15.6. The van der Waals surface area contributed by atoms with Crippen LogP contribution in [0.5, 0.6) is 5.75 Å². The first-order valence-electron chi connectivity index (χ1n) is 7.54. The molecule has 2 rings (SSSR count). The van der Waals surface area contributed by atoms with Crippen LogP contribution in [0.15, 0.2) is 18.2 Å². The Morgan fingerprint density at radius 3 is 2.48 bits per heavy atom. The molecule has 1 aromatic rings. The van der Waals surface area contributed by atoms with E-state index in [9.17, 15) is 18.0 Å². The predicted molar refractivity (Wildman–Crippen MR) is 94.4 cm³/mol. The molecule has 10 heteroatoms. The van der Waals surface area contributed by atoms with E-state index >= 15 is 0 Å². The second kappa shape index (κ2) is 7.92. The summed E-state index contributed by atoms with van der Waals surface area (Å²) in [6.07, 6.45) is 1.76. The molecule has 0 radical (unpaired) electrons. The third kappa shape index (κ3) is 4.76. The quantitative estimate of drug-likeness (QED) is 0.658. The summed E-state index contributed by atoms with van der Waals surface area (Å²) in [6.45, 7) is 1.21. The van der Waals surface area contributed by atoms with Crippen molar-refractivity contribution >= 4 is 39.6 Å². The molecule has 0 unspecified atom stereocenters. The molecular weight excluding hydrogens is 370 g/mol. The lowest BCUT2D eigenvalue weighted by Crippen LogP contribution is -2.51. The van der Waals surface area contributed by atoms with Gasteiger partial charge in [-0.1, -0.05) is 11.6 Å². The van der Waals surface area contributed by atoms with E-state index in [1.165, 1.54) is 18.1 Å². The number of ether oxygens (including phenoxy) is 1. The van der Waals surface area contributed by atoms with E-state index in [0.29, 0.717) is 37.0 Å². The molecular formula is C15H20ClN3O5S. The molecule has 25 heavy (non-hydrogen) atoms. The summed E-state index contributed by atoms with van der Waals surface area (Å²) >= 11 is 5.97. The van der Waals surface area contributed by atoms with Gasteiger partial charge in [0.2, 0.25) is 22.3 Å². The number of benzene rings is 1. The Hall–Kier alpha value is -2.00. The summed E-state index contributed by atoms with van der Waals surface area (Å²) in [7, 11) is -2.33. The highest BCUT2D eigenvalue weighted by molar-refractivity contribution is 7.92. The van der Waals surface area contributed by atoms with E-state index in [4.69, 9.17) is 16.3 Å². The lowest BCUT2D eigenvalue weighted by atomic mass is 10.2. The molecule has 1 aliphatic heterocycles. The number of carbonyl (C=O) groups is 2. The Morgan fingerprint density at radius 1 is 1.32 bits per heavy atom. The van der Waals surface area contributed by atoms with Gasteiger partial charge < -0.3 is 14.5 Å². The smallest absolute Gasteiger partial charge is 0.243 e. The minimum Gasteiger partial charge on any atom is -0.495 e. The summed E-state index contributed by atoms with van der Waals surface area (Å²) in [5.74, 6) is -0.0496. The summed E-state index contributed by atoms with van der Waals surface area (Å²) in [5.41, 5.74) is 0.206. The molecule has 8 nitrogen and oxygen atoms in total. The zero-order valence-electron chi connectivity index (χ0n) is 14.0. The number of carbonyl (C=O) groups excluding carboxylic acids is 2. The summed E-state index contributed by atoms with van der Waals surface area (Å²) in [5, 5.41) is 0.330. The van der Waals surface area contributed by atoms with Crippen LogP contribution < -0.4 is 9.04 Å². The van der Waals surface area contributed by atoms with E-state index in [2.05, 4.69) is 0 Å². The fourth-order valence-electron chi connectivity index (χ4n) is 2.54. The molecule has 0 saturated carbocycles. The highest BCUT2D eigenvalue weighted by Gasteiger charge is 2.28. The Bertz CT molecular complexity index is 748. The van der Waals surface area contributed by atoms with Crippen LogP contribution >= 0.6 is 11.6 Å². The van der Waals surface area contributed by atoms with Crippen molar-refractivity contribution in [3.63, 3.8) is 0 Å². The Kier molecular flexibility index (Phi) is 6.12. The van der Waals surface area contributed by atoms with Gasteiger partial charge in [-0.25, -0.2) is 8.42 Å². The summed E-state index contributed by atoms with van der Waals surface area (Å²) in [6, 6.07) is 4.56. The maximum absolute atomic E-state index is 12.5. The maximum Gasteiger partial charge on any atom is 0.243 e. The first-order chi connectivity index (χ1) is 11.8. The SMILES string of the molecule is COc1ccc(Cl)cc1N(CC(=O)N1CCN(C=O)CC1)S(C)(=O)=O. The van der Waals surface area contributed by atoms with Gasteiger partial charge in [0.15, 0.2) is 0 Å². The van der Waals surface area contributed by atoms with Crippen molar-refractivity contribution in [1.29, 1.82) is 0 Å². The average Bonchev–Trinajstić information content (AvgIpc) is 2.58. The molecule has 1 fully saturated rings. The highest BCUT2D eigenvalue weighted by Crippen LogP contribution is 2.32. The molecule has 2 amide bonds. The monoisotopic (exact) mass is 389 g/mol. The molecule has 0 aromatic heterocycles. The molecule has 1 heterocycles. The Balaban J connectivity index is 2.24. The number of hydrogen-bond acceptors (Lipinski definition) is 5. The number of piperazine rings is 1. The fourth-order valence-corrected chi connectivity index (χ4v) is 3.55. The molecule has 0 aliphatic carbocycles. The molecule has 0 spiro atoms. The zero-order chi connectivity index (χ0) is 18.6. The molecule has 1 aliphatic rings. The normalized spacial score (nSPS) is 15.0. The van der Waals surface area contributed by atoms with Crippen molar-refractivity contribution in [3.05, 3.63) is 23.2 Å². The standard InChI is InChI=1S/C15H20ClN3O5S/c1-24-14-4-3-12(16)9-13(14)19(25(2,22)23)10-15(21)18-7-5-17(11-20)6-8-18/h3-4,9,11H,5-8,10H2,1-2H3. The lowest BCUT2D eigenvalue weighted by molar-refractivity contribution is -0.133. The number of rotatable bonds is 6. The average molecular weight is 390 g/mol. The molecule has 0 bridgehead atoms. The second-order valence-electron chi connectivity index (χ2n) is 5.61. The number of nitrogens with zero attached hydrogens (tertiary/aromatic N) is 3. The van der Waals surface area contributed by atoms with Crippen LogP contribution in [-0.2, 0) is 19.6 Å². The molecule has 138 valence electrons. The van der Waals surface area contributed by atoms with Crippen molar-refractivity contribution in [1.82, 2.24) is 9.80 Å². The topological polar surface area (TPSA) is 87.2 Å². The van der Waals surface area contributed by atoms with Gasteiger partial charge in [-0.15, -0.1) is 0 Å². The van der Waals surface area contributed by atoms with Gasteiger partial charge in [0, 0.05) is 31.2 Å². The number of methoxy groups -OCH3 is 1. The van der Waals surface area contributed by atoms with E-state index in [0.717, 1.165) is 17.0 Å². The Labute approximate surface area is 151 Å². The van der Waals surface area contributed by atoms with E-state index < -0.39 is 10.0 Å². The molecule has 0 atom stereocenters. The fraction of sp³-hybridized carbons (Fsp3) is 0.467. The van der Waals surface area contributed by atoms with E-state index in [1.807, 2.05) is 0 Å². The number of amides is 2. The molecule has 1 saturated heterocycles. The Morgan fingerprint density at radius 2 is 1.96 bits per heavy atom. The van der Waals surface area contributed by atoms with Gasteiger partial charge in [-0.3, -0.25) is 13.9 Å². The van der Waals surface area contributed by atoms with Crippen LogP contribution in [0.2, 0.25) is 5.02 Å². The van der Waals surface area contributed by atoms with Crippen molar-refractivity contribution < 1.29 is 22.7 Å². The number of sulfonamides is 1. The van der Waals surface area contributed by atoms with Gasteiger partial charge in [0.25, 0.3) is 0 Å². The van der Waals surface area contributed by atoms with Crippen LogP contribution in [0.4, 0.5) is 5.69 Å². The highest BCUT2D eigenvalue weighted by atomic mass is 35.5. The first-order valence-corrected chi connectivity index (χ1v) is 9.77. The van der Waals surface area contributed by atoms with Crippen LogP contribution in [-0.4, -0.2) is 76.6 Å². The minimum atomic E-state index is -3.74. The largest absolute Gasteiger partial charge is 0.495 e. The van der Waals surface area contributed by atoms with Crippen molar-refractivity contribution in [3.8, 4) is 5.75 Å². The van der Waals surface area contributed by atoms with Crippen molar-refractivity contribution in [2.24, 2.45) is 0 Å². The third-order valence-electron chi connectivity index (χ3n) is 3.90. The van der Waals surface area contributed by atoms with Crippen molar-refractivity contribution in [2.45, 2.75) is 0 Å². The molecule has 1 aromatic carbocycles. The van der Waals surface area contributed by atoms with Crippen LogP contribution in [0.25, 0.3) is 0 Å². The number of halogens is 1. The second-order valence-corrected chi connectivity index (χ2v) is 7.95. The number of hydrogen-bond donors (Lipinski definition) is 0. The van der Waals surface area contributed by atoms with Crippen LogP contribution in [0.1, 0.15) is 0 Å². The van der Waals surface area contributed by atoms with Gasteiger partial charge in [0.05, 0.1) is 19.1 Å². The summed E-state index contributed by atoms with van der Waals surface area (Å²) < 4.78 is 30.6. The van der Waals surface area contributed by atoms with E-state index in [-0.39, 0.29) is 18.1 Å². The van der Waals surface area contributed by atoms with Gasteiger partial charge >= 0.3 is 0 Å². The predicted octanol–water partition coefficient (Wildman–Crippen LogP) is 0.415. The van der Waals surface area contributed by atoms with Gasteiger partial charge in [-0.05, 0) is 18.2 Å². The molecule has 0 N–H and O–H groups in total. The van der Waals surface area contributed by atoms with Crippen LogP contribution in [0, 0.1) is 0 Å². The minimum absolute atomic E-state index is 0.206. The van der Waals surface area contributed by atoms with Crippen LogP contribution in [0.3, 0.4) is 0 Å². The van der Waals surface area contributed by atoms with E-state index in [1.54, 1.807) is 17.0 Å². The third-order valence-corrected chi connectivity index (χ3v) is 5.27. The number of anilines is 1. The lowest BCUT2D eigenvalue weighted by Gasteiger charge is -2.34. The summed E-state index contributed by atoms with van der Waals surface area (Å²) in [4.78, 5) is 26.4. The van der Waals surface area contributed by atoms with Gasteiger partial charge in [0.1, 0.15) is 12.3 Å². The first kappa shape index (κ1) is 19.3. The maximum atomic E-state index is 12.5. The van der Waals surface area contributed by atoms with Crippen molar-refractivity contribution in [2.75, 3.05) is 50.4 Å².